The Morgan fingerprint density at radius 2 is 1.52 bits per heavy atom. The van der Waals surface area contributed by atoms with Crippen molar-refractivity contribution in [1.29, 1.82) is 0 Å². The standard InChI is InChI=1S/C18H40N2O4Si3/c1-9-20(10-2)18(27(23-11-3)24-12-4)17(5)25-16-19(6)14-13-15-26(21-7)22-8/h9-16H2,1-8H3. The fourth-order valence-corrected chi connectivity index (χ4v) is 7.04. The SMILES string of the molecule is CCO[Si](OCC)C(=C(C)[Si]CN(C)CCC[Si](OC)OC)N(CC)CC. The maximum absolute atomic E-state index is 6.02. The molecular formula is C18H40N2O4Si3. The second-order valence-electron chi connectivity index (χ2n) is 6.10. The van der Waals surface area contributed by atoms with E-state index in [0.717, 1.165) is 47.8 Å². The van der Waals surface area contributed by atoms with E-state index in [1.165, 1.54) is 10.5 Å². The van der Waals surface area contributed by atoms with Gasteiger partial charge in [-0.1, -0.05) is 5.20 Å². The molecule has 0 aliphatic carbocycles. The minimum atomic E-state index is -1.42. The summed E-state index contributed by atoms with van der Waals surface area (Å²) in [5.74, 6) is 0. The first-order chi connectivity index (χ1) is 13.0. The summed E-state index contributed by atoms with van der Waals surface area (Å²) in [5.41, 5.74) is 0. The number of rotatable bonds is 17. The summed E-state index contributed by atoms with van der Waals surface area (Å²) < 4.78 is 22.8. The van der Waals surface area contributed by atoms with E-state index in [1.54, 1.807) is 14.2 Å². The molecule has 0 aromatic rings. The van der Waals surface area contributed by atoms with Gasteiger partial charge in [0.1, 0.15) is 0 Å². The van der Waals surface area contributed by atoms with Gasteiger partial charge in [0, 0.05) is 40.5 Å². The van der Waals surface area contributed by atoms with Crippen LogP contribution in [0.5, 0.6) is 0 Å². The van der Waals surface area contributed by atoms with E-state index in [0.29, 0.717) is 13.2 Å². The molecule has 9 heteroatoms. The molecular weight excluding hydrogens is 392 g/mol. The predicted octanol–water partition coefficient (Wildman–Crippen LogP) is 2.42. The molecule has 0 saturated heterocycles. The molecule has 0 aliphatic heterocycles. The lowest BCUT2D eigenvalue weighted by molar-refractivity contribution is 0.208. The Balaban J connectivity index is 4.90. The molecule has 0 aromatic heterocycles. The van der Waals surface area contributed by atoms with E-state index < -0.39 is 18.6 Å². The minimum Gasteiger partial charge on any atom is -0.397 e. The summed E-state index contributed by atoms with van der Waals surface area (Å²) in [6.07, 6.45) is 2.17. The monoisotopic (exact) mass is 432 g/mol. The minimum absolute atomic E-state index is 0.693. The first-order valence-electron chi connectivity index (χ1n) is 9.93. The Kier molecular flexibility index (Phi) is 16.9. The van der Waals surface area contributed by atoms with Gasteiger partial charge < -0.3 is 27.5 Å². The van der Waals surface area contributed by atoms with Gasteiger partial charge in [-0.3, -0.25) is 0 Å². The van der Waals surface area contributed by atoms with E-state index in [9.17, 15) is 0 Å². The molecule has 0 fully saturated rings. The number of hydrogen-bond donors (Lipinski definition) is 0. The summed E-state index contributed by atoms with van der Waals surface area (Å²) in [7, 11) is 3.92. The Labute approximate surface area is 173 Å². The molecule has 0 heterocycles. The van der Waals surface area contributed by atoms with E-state index >= 15 is 0 Å². The molecule has 0 unspecified atom stereocenters. The van der Waals surface area contributed by atoms with Crippen LogP contribution in [0.3, 0.4) is 0 Å². The van der Waals surface area contributed by atoms with Crippen LogP contribution in [-0.2, 0) is 17.7 Å². The largest absolute Gasteiger partial charge is 0.440 e. The molecule has 0 atom stereocenters. The molecule has 4 radical (unpaired) electrons. The average molecular weight is 433 g/mol. The van der Waals surface area contributed by atoms with Gasteiger partial charge in [-0.25, -0.2) is 0 Å². The lowest BCUT2D eigenvalue weighted by atomic mass is 10.5. The van der Waals surface area contributed by atoms with E-state index in [-0.39, 0.29) is 0 Å². The van der Waals surface area contributed by atoms with Gasteiger partial charge in [0.25, 0.3) is 0 Å². The van der Waals surface area contributed by atoms with Crippen LogP contribution in [0.25, 0.3) is 0 Å². The van der Waals surface area contributed by atoms with E-state index in [2.05, 4.69) is 37.6 Å². The molecule has 158 valence electrons. The summed E-state index contributed by atoms with van der Waals surface area (Å²) in [4.78, 5) is 4.81. The van der Waals surface area contributed by atoms with Crippen LogP contribution in [-0.4, -0.2) is 98.2 Å². The van der Waals surface area contributed by atoms with Gasteiger partial charge in [0.15, 0.2) is 0 Å². The Morgan fingerprint density at radius 1 is 0.963 bits per heavy atom. The first-order valence-corrected chi connectivity index (χ1v) is 14.0. The highest BCUT2D eigenvalue weighted by Gasteiger charge is 2.27. The molecule has 0 aromatic carbocycles. The summed E-state index contributed by atoms with van der Waals surface area (Å²) >= 11 is 0. The lowest BCUT2D eigenvalue weighted by Gasteiger charge is -2.30. The Bertz CT molecular complexity index is 389. The van der Waals surface area contributed by atoms with Crippen molar-refractivity contribution in [3.05, 3.63) is 10.5 Å². The van der Waals surface area contributed by atoms with Gasteiger partial charge in [-0.05, 0) is 66.8 Å². The zero-order chi connectivity index (χ0) is 20.7. The third-order valence-corrected chi connectivity index (χ3v) is 9.74. The number of nitrogens with zero attached hydrogens (tertiary/aromatic N) is 2. The van der Waals surface area contributed by atoms with Crippen LogP contribution in [0.2, 0.25) is 6.04 Å². The van der Waals surface area contributed by atoms with Crippen molar-refractivity contribution in [3.8, 4) is 0 Å². The Morgan fingerprint density at radius 3 is 1.96 bits per heavy atom. The smallest absolute Gasteiger partial charge is 0.397 e. The maximum Gasteiger partial charge on any atom is 0.440 e. The molecule has 0 amide bonds. The zero-order valence-electron chi connectivity index (χ0n) is 18.7. The van der Waals surface area contributed by atoms with Gasteiger partial charge in [0.05, 0.1) is 14.8 Å². The average Bonchev–Trinajstić information content (AvgIpc) is 2.67. The lowest BCUT2D eigenvalue weighted by Crippen LogP contribution is -2.39. The van der Waals surface area contributed by atoms with Gasteiger partial charge >= 0.3 is 18.6 Å². The molecule has 0 spiro atoms. The van der Waals surface area contributed by atoms with Crippen molar-refractivity contribution in [3.63, 3.8) is 0 Å². The van der Waals surface area contributed by atoms with Crippen molar-refractivity contribution < 1.29 is 17.7 Å². The topological polar surface area (TPSA) is 43.4 Å². The number of hydrogen-bond acceptors (Lipinski definition) is 6. The molecule has 0 bridgehead atoms. The molecule has 27 heavy (non-hydrogen) atoms. The quantitative estimate of drug-likeness (QED) is 0.329. The molecule has 0 aliphatic rings. The van der Waals surface area contributed by atoms with E-state index in [1.807, 2.05) is 13.8 Å². The maximum atomic E-state index is 6.02. The highest BCUT2D eigenvalue weighted by atomic mass is 28.3. The van der Waals surface area contributed by atoms with Gasteiger partial charge in [-0.2, -0.15) is 0 Å². The predicted molar refractivity (Wildman–Crippen MR) is 117 cm³/mol. The van der Waals surface area contributed by atoms with Gasteiger partial charge in [0.2, 0.25) is 0 Å². The van der Waals surface area contributed by atoms with Crippen molar-refractivity contribution in [1.82, 2.24) is 9.80 Å². The van der Waals surface area contributed by atoms with E-state index in [4.69, 9.17) is 17.7 Å². The fourth-order valence-electron chi connectivity index (χ4n) is 2.70. The highest BCUT2D eigenvalue weighted by molar-refractivity contribution is 6.58. The van der Waals surface area contributed by atoms with Crippen molar-refractivity contribution in [2.75, 3.05) is 60.3 Å². The third-order valence-electron chi connectivity index (χ3n) is 4.17. The Hall–Kier alpha value is -0.00935. The van der Waals surface area contributed by atoms with Crippen LogP contribution >= 0.6 is 0 Å². The highest BCUT2D eigenvalue weighted by Crippen LogP contribution is 2.16. The van der Waals surface area contributed by atoms with Crippen molar-refractivity contribution in [2.45, 2.75) is 47.1 Å². The van der Waals surface area contributed by atoms with Crippen molar-refractivity contribution >= 4 is 28.1 Å². The summed E-state index contributed by atoms with van der Waals surface area (Å²) in [6.45, 7) is 15.2. The summed E-state index contributed by atoms with van der Waals surface area (Å²) in [5, 5.41) is 2.73. The molecule has 0 saturated carbocycles. The van der Waals surface area contributed by atoms with Crippen LogP contribution in [0.15, 0.2) is 10.5 Å². The van der Waals surface area contributed by atoms with Crippen LogP contribution in [0.1, 0.15) is 41.0 Å². The molecule has 6 nitrogen and oxygen atoms in total. The zero-order valence-corrected chi connectivity index (χ0v) is 21.7. The van der Waals surface area contributed by atoms with Crippen molar-refractivity contribution in [2.24, 2.45) is 0 Å². The second-order valence-corrected chi connectivity index (χ2v) is 11.2. The van der Waals surface area contributed by atoms with Crippen LogP contribution < -0.4 is 0 Å². The second kappa shape index (κ2) is 16.9. The molecule has 0 N–H and O–H groups in total. The third kappa shape index (κ3) is 10.9. The van der Waals surface area contributed by atoms with Crippen LogP contribution in [0.4, 0.5) is 0 Å². The molecule has 0 rings (SSSR count). The normalized spacial score (nSPS) is 13.0. The van der Waals surface area contributed by atoms with Gasteiger partial charge in [-0.15, -0.1) is 0 Å². The number of allylic oxidation sites excluding steroid dienone is 1. The van der Waals surface area contributed by atoms with Crippen LogP contribution in [0, 0.1) is 0 Å². The first kappa shape index (κ1) is 27.0. The summed E-state index contributed by atoms with van der Waals surface area (Å²) in [6, 6.07) is 1.02. The fraction of sp³-hybridized carbons (Fsp3) is 0.889.